The lowest BCUT2D eigenvalue weighted by atomic mass is 10.2. The minimum absolute atomic E-state index is 0.167. The molecule has 3 aromatic rings. The van der Waals surface area contributed by atoms with Gasteiger partial charge in [-0.2, -0.15) is 0 Å². The van der Waals surface area contributed by atoms with E-state index in [1.54, 1.807) is 13.0 Å². The van der Waals surface area contributed by atoms with E-state index in [2.05, 4.69) is 10.2 Å². The summed E-state index contributed by atoms with van der Waals surface area (Å²) in [6, 6.07) is 15.1. The summed E-state index contributed by atoms with van der Waals surface area (Å²) in [4.78, 5) is 11.9. The maximum atomic E-state index is 12.9. The van der Waals surface area contributed by atoms with Gasteiger partial charge in [0.2, 0.25) is 5.89 Å². The van der Waals surface area contributed by atoms with Crippen molar-refractivity contribution in [2.75, 3.05) is 0 Å². The Bertz CT molecular complexity index is 873. The van der Waals surface area contributed by atoms with Crippen molar-refractivity contribution in [3.05, 3.63) is 77.9 Å². The number of benzene rings is 2. The van der Waals surface area contributed by atoms with Crippen LogP contribution < -0.4 is 0 Å². The first-order valence-electron chi connectivity index (χ1n) is 7.65. The van der Waals surface area contributed by atoms with Gasteiger partial charge in [-0.1, -0.05) is 30.3 Å². The summed E-state index contributed by atoms with van der Waals surface area (Å²) < 4.78 is 23.7. The number of rotatable bonds is 5. The van der Waals surface area contributed by atoms with Crippen molar-refractivity contribution >= 4 is 12.0 Å². The summed E-state index contributed by atoms with van der Waals surface area (Å²) in [5, 5.41) is 7.76. The largest absolute Gasteiger partial charge is 0.449 e. The minimum atomic E-state index is -0.699. The van der Waals surface area contributed by atoms with E-state index in [-0.39, 0.29) is 17.6 Å². The van der Waals surface area contributed by atoms with Crippen LogP contribution in [-0.4, -0.2) is 16.2 Å². The first kappa shape index (κ1) is 16.6. The van der Waals surface area contributed by atoms with E-state index in [1.165, 1.54) is 30.3 Å². The molecule has 2 aromatic carbocycles. The third kappa shape index (κ3) is 4.38. The van der Waals surface area contributed by atoms with Crippen LogP contribution in [0.1, 0.15) is 24.5 Å². The van der Waals surface area contributed by atoms with Gasteiger partial charge in [0.05, 0.1) is 0 Å². The van der Waals surface area contributed by atoms with Crippen molar-refractivity contribution in [2.45, 2.75) is 13.0 Å². The first-order chi connectivity index (χ1) is 12.1. The highest BCUT2D eigenvalue weighted by Gasteiger charge is 2.18. The topological polar surface area (TPSA) is 65.2 Å². The molecule has 0 spiro atoms. The van der Waals surface area contributed by atoms with Gasteiger partial charge < -0.3 is 9.15 Å². The average Bonchev–Trinajstić information content (AvgIpc) is 3.12. The molecular formula is C19H15FN2O3. The van der Waals surface area contributed by atoms with Gasteiger partial charge >= 0.3 is 5.97 Å². The molecular weight excluding hydrogens is 323 g/mol. The van der Waals surface area contributed by atoms with Gasteiger partial charge in [-0.15, -0.1) is 10.2 Å². The summed E-state index contributed by atoms with van der Waals surface area (Å²) >= 11 is 0. The molecule has 0 amide bonds. The van der Waals surface area contributed by atoms with Crippen LogP contribution in [0.5, 0.6) is 0 Å². The van der Waals surface area contributed by atoms with Gasteiger partial charge in [0.1, 0.15) is 5.82 Å². The predicted molar refractivity (Wildman–Crippen MR) is 89.7 cm³/mol. The van der Waals surface area contributed by atoms with Crippen LogP contribution in [0.3, 0.4) is 0 Å². The number of esters is 1. The number of aromatic nitrogens is 2. The SMILES string of the molecule is C[C@@H](OC(=O)/C=C/c1ccccc1)c1nnc(-c2ccc(F)cc2)o1. The highest BCUT2D eigenvalue weighted by Crippen LogP contribution is 2.22. The van der Waals surface area contributed by atoms with Gasteiger partial charge in [-0.25, -0.2) is 9.18 Å². The van der Waals surface area contributed by atoms with E-state index in [4.69, 9.17) is 9.15 Å². The second-order valence-electron chi connectivity index (χ2n) is 5.28. The van der Waals surface area contributed by atoms with Crippen molar-refractivity contribution < 1.29 is 18.3 Å². The summed E-state index contributed by atoms with van der Waals surface area (Å²) in [5.74, 6) is -0.465. The number of ether oxygens (including phenoxy) is 1. The molecule has 0 bridgehead atoms. The Hall–Kier alpha value is -3.28. The number of hydrogen-bond donors (Lipinski definition) is 0. The van der Waals surface area contributed by atoms with Gasteiger partial charge in [0.15, 0.2) is 6.10 Å². The molecule has 3 rings (SSSR count). The molecule has 1 atom stereocenters. The highest BCUT2D eigenvalue weighted by atomic mass is 19.1. The lowest BCUT2D eigenvalue weighted by molar-refractivity contribution is -0.143. The summed E-state index contributed by atoms with van der Waals surface area (Å²) in [6.45, 7) is 1.64. The molecule has 0 saturated heterocycles. The van der Waals surface area contributed by atoms with Crippen LogP contribution >= 0.6 is 0 Å². The predicted octanol–water partition coefficient (Wildman–Crippen LogP) is 4.19. The lowest BCUT2D eigenvalue weighted by Crippen LogP contribution is -2.06. The molecule has 6 heteroatoms. The summed E-state index contributed by atoms with van der Waals surface area (Å²) in [5.41, 5.74) is 1.48. The third-order valence-corrected chi connectivity index (χ3v) is 3.38. The van der Waals surface area contributed by atoms with Crippen LogP contribution in [0.2, 0.25) is 0 Å². The molecule has 1 heterocycles. The number of carbonyl (C=O) groups is 1. The van der Waals surface area contributed by atoms with Gasteiger partial charge in [0.25, 0.3) is 5.89 Å². The van der Waals surface area contributed by atoms with Crippen LogP contribution in [0, 0.1) is 5.82 Å². The molecule has 0 aliphatic rings. The van der Waals surface area contributed by atoms with Crippen LogP contribution in [0.15, 0.2) is 65.1 Å². The van der Waals surface area contributed by atoms with Crippen molar-refractivity contribution in [1.82, 2.24) is 10.2 Å². The van der Waals surface area contributed by atoms with Crippen LogP contribution in [0.4, 0.5) is 4.39 Å². The zero-order valence-electron chi connectivity index (χ0n) is 13.4. The quantitative estimate of drug-likeness (QED) is 0.515. The second kappa shape index (κ2) is 7.53. The van der Waals surface area contributed by atoms with Gasteiger partial charge in [-0.3, -0.25) is 0 Å². The maximum absolute atomic E-state index is 12.9. The summed E-state index contributed by atoms with van der Waals surface area (Å²) in [7, 11) is 0. The number of hydrogen-bond acceptors (Lipinski definition) is 5. The Morgan fingerprint density at radius 1 is 1.12 bits per heavy atom. The monoisotopic (exact) mass is 338 g/mol. The normalized spacial score (nSPS) is 12.2. The van der Waals surface area contributed by atoms with Crippen LogP contribution in [0.25, 0.3) is 17.5 Å². The standard InChI is InChI=1S/C19H15FN2O3/c1-13(24-17(23)12-7-14-5-3-2-4-6-14)18-21-22-19(25-18)15-8-10-16(20)11-9-15/h2-13H,1H3/b12-7+/t13-/m1/s1. The Morgan fingerprint density at radius 2 is 1.84 bits per heavy atom. The zero-order valence-corrected chi connectivity index (χ0v) is 13.4. The second-order valence-corrected chi connectivity index (χ2v) is 5.28. The molecule has 0 aliphatic heterocycles. The Kier molecular flexibility index (Phi) is 4.99. The van der Waals surface area contributed by atoms with Crippen molar-refractivity contribution in [1.29, 1.82) is 0 Å². The zero-order chi connectivity index (χ0) is 17.6. The minimum Gasteiger partial charge on any atom is -0.449 e. The van der Waals surface area contributed by atoms with E-state index < -0.39 is 12.1 Å². The van der Waals surface area contributed by atoms with Crippen molar-refractivity contribution in [3.8, 4) is 11.5 Å². The smallest absolute Gasteiger partial charge is 0.331 e. The van der Waals surface area contributed by atoms with E-state index >= 15 is 0 Å². The number of halogens is 1. The van der Waals surface area contributed by atoms with Crippen LogP contribution in [-0.2, 0) is 9.53 Å². The average molecular weight is 338 g/mol. The molecule has 0 N–H and O–H groups in total. The van der Waals surface area contributed by atoms with Gasteiger partial charge in [0, 0.05) is 11.6 Å². The van der Waals surface area contributed by atoms with E-state index in [9.17, 15) is 9.18 Å². The Morgan fingerprint density at radius 3 is 2.56 bits per heavy atom. The molecule has 0 unspecified atom stereocenters. The highest BCUT2D eigenvalue weighted by molar-refractivity contribution is 5.87. The molecule has 25 heavy (non-hydrogen) atoms. The molecule has 5 nitrogen and oxygen atoms in total. The van der Waals surface area contributed by atoms with Gasteiger partial charge in [-0.05, 0) is 42.8 Å². The van der Waals surface area contributed by atoms with E-state index in [0.29, 0.717) is 5.56 Å². The molecule has 0 aliphatic carbocycles. The molecule has 0 radical (unpaired) electrons. The van der Waals surface area contributed by atoms with E-state index in [1.807, 2.05) is 30.3 Å². The third-order valence-electron chi connectivity index (χ3n) is 3.38. The molecule has 0 saturated carbocycles. The fourth-order valence-corrected chi connectivity index (χ4v) is 2.10. The lowest BCUT2D eigenvalue weighted by Gasteiger charge is -2.06. The Labute approximate surface area is 143 Å². The van der Waals surface area contributed by atoms with Crippen molar-refractivity contribution in [2.24, 2.45) is 0 Å². The number of nitrogens with zero attached hydrogens (tertiary/aromatic N) is 2. The summed E-state index contributed by atoms with van der Waals surface area (Å²) in [6.07, 6.45) is 2.30. The molecule has 0 fully saturated rings. The fraction of sp³-hybridized carbons (Fsp3) is 0.105. The molecule has 126 valence electrons. The van der Waals surface area contributed by atoms with E-state index in [0.717, 1.165) is 5.56 Å². The number of carbonyl (C=O) groups excluding carboxylic acids is 1. The fourth-order valence-electron chi connectivity index (χ4n) is 2.10. The van der Waals surface area contributed by atoms with Crippen molar-refractivity contribution in [3.63, 3.8) is 0 Å². The Balaban J connectivity index is 1.63. The first-order valence-corrected chi connectivity index (χ1v) is 7.65. The maximum Gasteiger partial charge on any atom is 0.331 e. The molecule has 1 aromatic heterocycles.